The number of nitrogens with one attached hydrogen (secondary N) is 1. The van der Waals surface area contributed by atoms with E-state index in [9.17, 15) is 9.59 Å². The van der Waals surface area contributed by atoms with E-state index in [2.05, 4.69) is 5.32 Å². The van der Waals surface area contributed by atoms with Crippen LogP contribution in [0.2, 0.25) is 0 Å². The summed E-state index contributed by atoms with van der Waals surface area (Å²) >= 11 is 0. The Kier molecular flexibility index (Phi) is 7.92. The van der Waals surface area contributed by atoms with E-state index in [1.165, 1.54) is 21.3 Å². The fourth-order valence-electron chi connectivity index (χ4n) is 3.25. The number of rotatable bonds is 8. The van der Waals surface area contributed by atoms with E-state index in [1.54, 1.807) is 17.0 Å². The molecule has 0 bridgehead atoms. The Morgan fingerprint density at radius 2 is 1.64 bits per heavy atom. The Morgan fingerprint density at radius 1 is 1.07 bits per heavy atom. The molecule has 0 atom stereocenters. The molecule has 0 saturated carbocycles. The molecule has 1 aliphatic rings. The molecule has 0 radical (unpaired) electrons. The van der Waals surface area contributed by atoms with Crippen LogP contribution in [-0.4, -0.2) is 81.7 Å². The lowest BCUT2D eigenvalue weighted by Gasteiger charge is -2.30. The number of nitrogens with zero attached hydrogens (tertiary/aromatic N) is 2. The second-order valence-electron chi connectivity index (χ2n) is 6.89. The van der Waals surface area contributed by atoms with Crippen LogP contribution in [0, 0.1) is 0 Å². The van der Waals surface area contributed by atoms with Crippen molar-refractivity contribution in [2.75, 3.05) is 54.1 Å². The quantitative estimate of drug-likeness (QED) is 0.719. The van der Waals surface area contributed by atoms with Crippen LogP contribution in [0.5, 0.6) is 17.2 Å². The summed E-state index contributed by atoms with van der Waals surface area (Å²) in [6.45, 7) is 7.27. The molecule has 8 heteroatoms. The van der Waals surface area contributed by atoms with Gasteiger partial charge in [0.05, 0.1) is 21.3 Å². The highest BCUT2D eigenvalue weighted by Crippen LogP contribution is 2.38. The van der Waals surface area contributed by atoms with Crippen LogP contribution in [-0.2, 0) is 4.79 Å². The fraction of sp³-hybridized carbons (Fsp3) is 0.600. The first kappa shape index (κ1) is 21.8. The van der Waals surface area contributed by atoms with Crippen molar-refractivity contribution in [1.82, 2.24) is 15.1 Å². The molecule has 28 heavy (non-hydrogen) atoms. The number of ether oxygens (including phenoxy) is 3. The van der Waals surface area contributed by atoms with Crippen LogP contribution in [0.15, 0.2) is 12.1 Å². The topological polar surface area (TPSA) is 80.3 Å². The molecule has 1 aromatic carbocycles. The maximum atomic E-state index is 13.2. The summed E-state index contributed by atoms with van der Waals surface area (Å²) in [6.07, 6.45) is 0.300. The minimum absolute atomic E-state index is 0.0533. The van der Waals surface area contributed by atoms with E-state index in [0.717, 1.165) is 13.1 Å². The van der Waals surface area contributed by atoms with Gasteiger partial charge in [-0.1, -0.05) is 0 Å². The second kappa shape index (κ2) is 10.2. The minimum atomic E-state index is -0.178. The van der Waals surface area contributed by atoms with E-state index in [4.69, 9.17) is 14.2 Å². The third-order valence-electron chi connectivity index (χ3n) is 4.83. The number of carbonyl (C=O) groups is 2. The van der Waals surface area contributed by atoms with Crippen LogP contribution < -0.4 is 19.5 Å². The molecule has 1 heterocycles. The number of methoxy groups -OCH3 is 3. The lowest BCUT2D eigenvalue weighted by atomic mass is 10.1. The summed E-state index contributed by atoms with van der Waals surface area (Å²) in [4.78, 5) is 29.2. The Bertz CT molecular complexity index is 661. The maximum Gasteiger partial charge on any atom is 0.254 e. The first-order valence-electron chi connectivity index (χ1n) is 9.52. The number of benzene rings is 1. The van der Waals surface area contributed by atoms with Crippen LogP contribution in [0.4, 0.5) is 0 Å². The summed E-state index contributed by atoms with van der Waals surface area (Å²) in [5, 5.41) is 3.23. The van der Waals surface area contributed by atoms with Gasteiger partial charge >= 0.3 is 0 Å². The van der Waals surface area contributed by atoms with Gasteiger partial charge in [-0.3, -0.25) is 9.59 Å². The summed E-state index contributed by atoms with van der Waals surface area (Å²) < 4.78 is 16.0. The van der Waals surface area contributed by atoms with Crippen molar-refractivity contribution < 1.29 is 23.8 Å². The van der Waals surface area contributed by atoms with Gasteiger partial charge in [0.1, 0.15) is 0 Å². The molecule has 0 unspecified atom stereocenters. The smallest absolute Gasteiger partial charge is 0.254 e. The lowest BCUT2D eigenvalue weighted by molar-refractivity contribution is -0.132. The highest BCUT2D eigenvalue weighted by molar-refractivity contribution is 5.96. The monoisotopic (exact) mass is 393 g/mol. The fourth-order valence-corrected chi connectivity index (χ4v) is 3.25. The highest BCUT2D eigenvalue weighted by atomic mass is 16.5. The zero-order chi connectivity index (χ0) is 20.7. The Labute approximate surface area is 166 Å². The molecule has 0 aliphatic carbocycles. The van der Waals surface area contributed by atoms with Crippen molar-refractivity contribution >= 4 is 11.8 Å². The molecule has 1 fully saturated rings. The minimum Gasteiger partial charge on any atom is -0.493 e. The van der Waals surface area contributed by atoms with Gasteiger partial charge in [0.2, 0.25) is 11.7 Å². The highest BCUT2D eigenvalue weighted by Gasteiger charge is 2.24. The van der Waals surface area contributed by atoms with Gasteiger partial charge in [-0.15, -0.1) is 0 Å². The van der Waals surface area contributed by atoms with Crippen molar-refractivity contribution in [2.24, 2.45) is 0 Å². The van der Waals surface area contributed by atoms with E-state index >= 15 is 0 Å². The number of amides is 2. The summed E-state index contributed by atoms with van der Waals surface area (Å²) in [7, 11) is 4.54. The predicted molar refractivity (Wildman–Crippen MR) is 106 cm³/mol. The molecule has 156 valence electrons. The number of piperazine rings is 1. The standard InChI is InChI=1S/C20H31N3O5/c1-14(2)23(9-6-18(24)22-10-7-21-8-11-22)20(25)15-12-16(26-3)19(28-5)17(13-15)27-4/h12-14,21H,6-11H2,1-5H3. The second-order valence-corrected chi connectivity index (χ2v) is 6.89. The van der Waals surface area contributed by atoms with Gasteiger partial charge in [-0.05, 0) is 26.0 Å². The van der Waals surface area contributed by atoms with Crippen LogP contribution in [0.1, 0.15) is 30.6 Å². The summed E-state index contributed by atoms with van der Waals surface area (Å²) in [5.41, 5.74) is 0.429. The van der Waals surface area contributed by atoms with Crippen molar-refractivity contribution in [3.8, 4) is 17.2 Å². The third-order valence-corrected chi connectivity index (χ3v) is 4.83. The molecule has 1 saturated heterocycles. The summed E-state index contributed by atoms with van der Waals surface area (Å²) in [5.74, 6) is 1.18. The molecular weight excluding hydrogens is 362 g/mol. The first-order chi connectivity index (χ1) is 13.4. The number of hydrogen-bond donors (Lipinski definition) is 1. The van der Waals surface area contributed by atoms with Gasteiger partial charge in [0.25, 0.3) is 5.91 Å². The van der Waals surface area contributed by atoms with Crippen molar-refractivity contribution in [2.45, 2.75) is 26.3 Å². The lowest BCUT2D eigenvalue weighted by Crippen LogP contribution is -2.47. The first-order valence-corrected chi connectivity index (χ1v) is 9.52. The number of carbonyl (C=O) groups excluding carboxylic acids is 2. The van der Waals surface area contributed by atoms with Crippen LogP contribution >= 0.6 is 0 Å². The molecule has 1 N–H and O–H groups in total. The normalized spacial score (nSPS) is 14.0. The largest absolute Gasteiger partial charge is 0.493 e. The molecule has 2 amide bonds. The Morgan fingerprint density at radius 3 is 2.11 bits per heavy atom. The third kappa shape index (κ3) is 5.07. The van der Waals surface area contributed by atoms with Gasteiger partial charge in [0.15, 0.2) is 11.5 Å². The van der Waals surface area contributed by atoms with Gasteiger partial charge in [-0.2, -0.15) is 0 Å². The van der Waals surface area contributed by atoms with E-state index in [1.807, 2.05) is 18.7 Å². The van der Waals surface area contributed by atoms with Gasteiger partial charge in [-0.25, -0.2) is 0 Å². The zero-order valence-electron chi connectivity index (χ0n) is 17.4. The van der Waals surface area contributed by atoms with Crippen LogP contribution in [0.3, 0.4) is 0 Å². The van der Waals surface area contributed by atoms with E-state index in [-0.39, 0.29) is 17.9 Å². The van der Waals surface area contributed by atoms with Crippen LogP contribution in [0.25, 0.3) is 0 Å². The summed E-state index contributed by atoms with van der Waals surface area (Å²) in [6, 6.07) is 3.22. The Hall–Kier alpha value is -2.48. The van der Waals surface area contributed by atoms with E-state index < -0.39 is 0 Å². The average Bonchev–Trinajstić information content (AvgIpc) is 2.72. The zero-order valence-corrected chi connectivity index (χ0v) is 17.4. The van der Waals surface area contributed by atoms with Gasteiger partial charge in [0, 0.05) is 50.7 Å². The molecule has 1 aromatic rings. The maximum absolute atomic E-state index is 13.2. The molecule has 1 aliphatic heterocycles. The Balaban J connectivity index is 2.16. The van der Waals surface area contributed by atoms with E-state index in [0.29, 0.717) is 48.9 Å². The van der Waals surface area contributed by atoms with Crippen molar-refractivity contribution in [3.63, 3.8) is 0 Å². The van der Waals surface area contributed by atoms with Crippen molar-refractivity contribution in [3.05, 3.63) is 17.7 Å². The average molecular weight is 393 g/mol. The molecular formula is C20H31N3O5. The molecule has 0 spiro atoms. The molecule has 0 aromatic heterocycles. The predicted octanol–water partition coefficient (Wildman–Crippen LogP) is 1.38. The van der Waals surface area contributed by atoms with Crippen molar-refractivity contribution in [1.29, 1.82) is 0 Å². The number of hydrogen-bond acceptors (Lipinski definition) is 6. The SMILES string of the molecule is COc1cc(C(=O)N(CCC(=O)N2CCNCC2)C(C)C)cc(OC)c1OC. The molecule has 8 nitrogen and oxygen atoms in total. The molecule has 2 rings (SSSR count). The van der Waals surface area contributed by atoms with Gasteiger partial charge < -0.3 is 29.3 Å².